The molecule has 0 aromatic carbocycles. The summed E-state index contributed by atoms with van der Waals surface area (Å²) in [6, 6.07) is 0. The molecule has 170 valence electrons. The van der Waals surface area contributed by atoms with Gasteiger partial charge in [-0.3, -0.25) is 0 Å². The Morgan fingerprint density at radius 2 is 1.63 bits per heavy atom. The van der Waals surface area contributed by atoms with E-state index in [0.29, 0.717) is 34.7 Å². The van der Waals surface area contributed by atoms with Gasteiger partial charge in [0.2, 0.25) is 0 Å². The molecule has 0 aromatic rings. The first-order valence-corrected chi connectivity index (χ1v) is 13.3. The molecule has 3 nitrogen and oxygen atoms in total. The van der Waals surface area contributed by atoms with Crippen LogP contribution >= 0.6 is 0 Å². The van der Waals surface area contributed by atoms with Crippen LogP contribution in [0.5, 0.6) is 0 Å². The molecule has 4 aliphatic carbocycles. The molecule has 3 heteroatoms. The molecule has 4 saturated carbocycles. The zero-order valence-electron chi connectivity index (χ0n) is 19.7. The number of rotatable bonds is 0. The minimum Gasteiger partial charge on any atom is -0.393 e. The summed E-state index contributed by atoms with van der Waals surface area (Å²) >= 11 is 0. The Labute approximate surface area is 183 Å². The van der Waals surface area contributed by atoms with Crippen LogP contribution in [-0.2, 0) is 9.47 Å². The van der Waals surface area contributed by atoms with Crippen molar-refractivity contribution < 1.29 is 14.6 Å². The van der Waals surface area contributed by atoms with Gasteiger partial charge in [-0.1, -0.05) is 27.7 Å². The maximum absolute atomic E-state index is 10.3. The third-order valence-corrected chi connectivity index (χ3v) is 11.9. The van der Waals surface area contributed by atoms with E-state index in [4.69, 9.17) is 9.47 Å². The normalized spacial score (nSPS) is 62.5. The number of aliphatic hydroxyl groups excluding tert-OH is 1. The molecule has 0 bridgehead atoms. The molecule has 6 aliphatic rings. The quantitative estimate of drug-likeness (QED) is 0.543. The summed E-state index contributed by atoms with van der Waals surface area (Å²) < 4.78 is 13.4. The first-order chi connectivity index (χ1) is 14.3. The Kier molecular flexibility index (Phi) is 4.58. The third-order valence-electron chi connectivity index (χ3n) is 11.9. The average Bonchev–Trinajstić information content (AvgIpc) is 3.16. The van der Waals surface area contributed by atoms with E-state index in [-0.39, 0.29) is 11.9 Å². The number of aliphatic hydroxyl groups is 1. The van der Waals surface area contributed by atoms with E-state index in [2.05, 4.69) is 27.7 Å². The summed E-state index contributed by atoms with van der Waals surface area (Å²) in [5.74, 6) is 4.93. The van der Waals surface area contributed by atoms with E-state index in [0.717, 1.165) is 49.5 Å². The average molecular weight is 417 g/mol. The van der Waals surface area contributed by atoms with E-state index >= 15 is 0 Å². The Bertz CT molecular complexity index is 684. The van der Waals surface area contributed by atoms with Crippen molar-refractivity contribution in [3.63, 3.8) is 0 Å². The number of hydrogen-bond donors (Lipinski definition) is 1. The van der Waals surface area contributed by atoms with Crippen LogP contribution in [0.4, 0.5) is 0 Å². The van der Waals surface area contributed by atoms with Crippen LogP contribution < -0.4 is 0 Å². The second-order valence-corrected chi connectivity index (χ2v) is 13.1. The largest absolute Gasteiger partial charge is 0.393 e. The predicted molar refractivity (Wildman–Crippen MR) is 118 cm³/mol. The van der Waals surface area contributed by atoms with Crippen molar-refractivity contribution in [2.24, 2.45) is 52.3 Å². The van der Waals surface area contributed by atoms with E-state index in [1.165, 1.54) is 44.9 Å². The van der Waals surface area contributed by atoms with Crippen molar-refractivity contribution in [1.29, 1.82) is 0 Å². The Hall–Kier alpha value is -0.120. The lowest BCUT2D eigenvalue weighted by atomic mass is 9.44. The fraction of sp³-hybridized carbons (Fsp3) is 1.00. The van der Waals surface area contributed by atoms with Crippen molar-refractivity contribution in [1.82, 2.24) is 0 Å². The highest BCUT2D eigenvalue weighted by atomic mass is 16.7. The molecular weight excluding hydrogens is 372 g/mol. The van der Waals surface area contributed by atoms with Gasteiger partial charge in [-0.15, -0.1) is 0 Å². The first kappa shape index (κ1) is 20.5. The predicted octanol–water partition coefficient (Wildman–Crippen LogP) is 5.79. The zero-order chi connectivity index (χ0) is 20.9. The summed E-state index contributed by atoms with van der Waals surface area (Å²) in [5, 5.41) is 10.3. The van der Waals surface area contributed by atoms with E-state index in [9.17, 15) is 5.11 Å². The molecule has 0 aromatic heterocycles. The topological polar surface area (TPSA) is 38.7 Å². The van der Waals surface area contributed by atoms with Gasteiger partial charge in [0.25, 0.3) is 0 Å². The summed E-state index contributed by atoms with van der Waals surface area (Å²) in [5.41, 5.74) is 0.899. The molecule has 1 spiro atoms. The second kappa shape index (κ2) is 6.70. The van der Waals surface area contributed by atoms with Crippen molar-refractivity contribution in [2.75, 3.05) is 6.61 Å². The number of ether oxygens (including phenoxy) is 2. The van der Waals surface area contributed by atoms with E-state index in [1.54, 1.807) is 0 Å². The molecule has 2 heterocycles. The van der Waals surface area contributed by atoms with Crippen LogP contribution in [-0.4, -0.2) is 29.7 Å². The molecule has 0 amide bonds. The molecular formula is C27H44O3. The molecule has 12 atom stereocenters. The minimum atomic E-state index is -0.282. The summed E-state index contributed by atoms with van der Waals surface area (Å²) in [6.45, 7) is 10.9. The van der Waals surface area contributed by atoms with Crippen LogP contribution in [0.1, 0.15) is 91.9 Å². The van der Waals surface area contributed by atoms with Gasteiger partial charge in [0.1, 0.15) is 0 Å². The van der Waals surface area contributed by atoms with Gasteiger partial charge >= 0.3 is 0 Å². The lowest BCUT2D eigenvalue weighted by Crippen LogP contribution is -2.55. The summed E-state index contributed by atoms with van der Waals surface area (Å²) in [4.78, 5) is 0. The molecule has 0 radical (unpaired) electrons. The Morgan fingerprint density at radius 1 is 0.833 bits per heavy atom. The Balaban J connectivity index is 1.26. The van der Waals surface area contributed by atoms with Gasteiger partial charge in [-0.2, -0.15) is 0 Å². The molecule has 2 aliphatic heterocycles. The van der Waals surface area contributed by atoms with Gasteiger partial charge in [0.15, 0.2) is 5.79 Å². The monoisotopic (exact) mass is 416 g/mol. The maximum Gasteiger partial charge on any atom is 0.171 e. The molecule has 2 saturated heterocycles. The lowest BCUT2D eigenvalue weighted by molar-refractivity contribution is -0.273. The number of hydrogen-bond acceptors (Lipinski definition) is 3. The lowest BCUT2D eigenvalue weighted by Gasteiger charge is -2.61. The number of fused-ring (bicyclic) bond motifs is 7. The first-order valence-electron chi connectivity index (χ1n) is 13.3. The van der Waals surface area contributed by atoms with Gasteiger partial charge in [-0.25, -0.2) is 0 Å². The second-order valence-electron chi connectivity index (χ2n) is 13.1. The van der Waals surface area contributed by atoms with Gasteiger partial charge in [0, 0.05) is 12.3 Å². The van der Waals surface area contributed by atoms with E-state index < -0.39 is 0 Å². The van der Waals surface area contributed by atoms with Crippen LogP contribution in [0.3, 0.4) is 0 Å². The van der Waals surface area contributed by atoms with Crippen molar-refractivity contribution in [3.8, 4) is 0 Å². The summed E-state index contributed by atoms with van der Waals surface area (Å²) in [6.07, 6.45) is 12.9. The molecule has 6 rings (SSSR count). The van der Waals surface area contributed by atoms with E-state index in [1.807, 2.05) is 0 Å². The fourth-order valence-corrected chi connectivity index (χ4v) is 10.3. The van der Waals surface area contributed by atoms with Crippen molar-refractivity contribution >= 4 is 0 Å². The summed E-state index contributed by atoms with van der Waals surface area (Å²) in [7, 11) is 0. The van der Waals surface area contributed by atoms with Gasteiger partial charge in [-0.05, 0) is 104 Å². The molecule has 1 N–H and O–H groups in total. The van der Waals surface area contributed by atoms with Gasteiger partial charge in [0.05, 0.1) is 18.8 Å². The van der Waals surface area contributed by atoms with Crippen LogP contribution in [0.25, 0.3) is 0 Å². The van der Waals surface area contributed by atoms with Crippen molar-refractivity contribution in [2.45, 2.75) is 110 Å². The highest BCUT2D eigenvalue weighted by Gasteiger charge is 2.69. The highest BCUT2D eigenvalue weighted by Crippen LogP contribution is 2.71. The van der Waals surface area contributed by atoms with Gasteiger partial charge < -0.3 is 14.6 Å². The minimum absolute atomic E-state index is 0.0389. The third kappa shape index (κ3) is 2.61. The van der Waals surface area contributed by atoms with Crippen LogP contribution in [0, 0.1) is 52.3 Å². The standard InChI is InChI=1S/C27H44O3/c1-16-7-12-27(29-15-16)17(2)24-23(30-27)14-22-20-6-5-18-13-19(28)8-10-25(18,3)21(20)9-11-26(22,24)4/h16-24,28H,5-15H2,1-4H3/t16-,17?,18?,19+,20?,21?,22?,23?,24?,25-,26-,27+/m0/s1. The Morgan fingerprint density at radius 3 is 2.40 bits per heavy atom. The fourth-order valence-electron chi connectivity index (χ4n) is 10.3. The molecule has 7 unspecified atom stereocenters. The van der Waals surface area contributed by atoms with Crippen molar-refractivity contribution in [3.05, 3.63) is 0 Å². The maximum atomic E-state index is 10.3. The zero-order valence-corrected chi connectivity index (χ0v) is 19.7. The van der Waals surface area contributed by atoms with Crippen LogP contribution in [0.15, 0.2) is 0 Å². The van der Waals surface area contributed by atoms with Crippen LogP contribution in [0.2, 0.25) is 0 Å². The highest BCUT2D eigenvalue weighted by molar-refractivity contribution is 5.15. The molecule has 6 fully saturated rings. The molecule has 30 heavy (non-hydrogen) atoms. The SMILES string of the molecule is CC1C2C(CC3C4CCC5C[C@H](O)CC[C@]5(C)C4CC[C@@]32C)O[C@]12CC[C@H](C)CO2. The smallest absolute Gasteiger partial charge is 0.171 e.